The molecular weight excluding hydrogens is 236 g/mol. The van der Waals surface area contributed by atoms with Crippen molar-refractivity contribution in [1.82, 2.24) is 0 Å². The summed E-state index contributed by atoms with van der Waals surface area (Å²) in [4.78, 5) is 11.8. The first kappa shape index (κ1) is 12.5. The minimum absolute atomic E-state index is 0.309. The Morgan fingerprint density at radius 1 is 1.53 bits per heavy atom. The third-order valence-corrected chi connectivity index (χ3v) is 3.96. The number of hydrogen-bond acceptors (Lipinski definition) is 3. The second-order valence-corrected chi connectivity index (χ2v) is 5.38. The Morgan fingerprint density at radius 3 is 3.00 bits per heavy atom. The van der Waals surface area contributed by atoms with E-state index in [2.05, 4.69) is 6.92 Å². The molecule has 3 nitrogen and oxygen atoms in total. The third kappa shape index (κ3) is 3.48. The second-order valence-electron chi connectivity index (χ2n) is 4.29. The van der Waals surface area contributed by atoms with Gasteiger partial charge in [0.15, 0.2) is 0 Å². The standard InChI is InChI=1S/C13H16O3S/c1-9-5-6-11(16-9)8-17-12-4-2-3-10(7-12)13(14)15/h2-4,7,9,11H,5-6,8H2,1H3,(H,14,15). The van der Waals surface area contributed by atoms with Gasteiger partial charge in [-0.2, -0.15) is 0 Å². The number of benzene rings is 1. The van der Waals surface area contributed by atoms with Crippen LogP contribution in [0.4, 0.5) is 0 Å². The summed E-state index contributed by atoms with van der Waals surface area (Å²) < 4.78 is 5.72. The number of hydrogen-bond donors (Lipinski definition) is 1. The molecule has 1 saturated heterocycles. The van der Waals surface area contributed by atoms with Crippen molar-refractivity contribution in [2.75, 3.05) is 5.75 Å². The molecule has 2 rings (SSSR count). The van der Waals surface area contributed by atoms with E-state index in [1.807, 2.05) is 6.07 Å². The van der Waals surface area contributed by atoms with E-state index in [0.29, 0.717) is 17.8 Å². The van der Waals surface area contributed by atoms with Gasteiger partial charge in [0.25, 0.3) is 0 Å². The molecule has 0 aromatic heterocycles. The number of aromatic carboxylic acids is 1. The van der Waals surface area contributed by atoms with Crippen molar-refractivity contribution >= 4 is 17.7 Å². The van der Waals surface area contributed by atoms with Gasteiger partial charge in [-0.1, -0.05) is 6.07 Å². The molecule has 17 heavy (non-hydrogen) atoms. The number of ether oxygens (including phenoxy) is 1. The number of carbonyl (C=O) groups is 1. The zero-order valence-corrected chi connectivity index (χ0v) is 10.6. The molecule has 92 valence electrons. The van der Waals surface area contributed by atoms with Gasteiger partial charge in [0, 0.05) is 10.6 Å². The second kappa shape index (κ2) is 5.56. The first-order valence-corrected chi connectivity index (χ1v) is 6.75. The summed E-state index contributed by atoms with van der Waals surface area (Å²) in [6.07, 6.45) is 2.90. The van der Waals surface area contributed by atoms with Gasteiger partial charge in [0.1, 0.15) is 0 Å². The Labute approximate surface area is 105 Å². The monoisotopic (exact) mass is 252 g/mol. The molecule has 0 bridgehead atoms. The van der Waals surface area contributed by atoms with Crippen molar-refractivity contribution in [2.45, 2.75) is 36.9 Å². The van der Waals surface area contributed by atoms with Crippen LogP contribution in [0.1, 0.15) is 30.1 Å². The smallest absolute Gasteiger partial charge is 0.335 e. The molecular formula is C13H16O3S. The molecule has 0 amide bonds. The van der Waals surface area contributed by atoms with Crippen LogP contribution in [-0.2, 0) is 4.74 Å². The molecule has 0 aliphatic carbocycles. The van der Waals surface area contributed by atoms with Crippen LogP contribution in [0.3, 0.4) is 0 Å². The van der Waals surface area contributed by atoms with Gasteiger partial charge in [-0.15, -0.1) is 11.8 Å². The fourth-order valence-corrected chi connectivity index (χ4v) is 2.92. The zero-order chi connectivity index (χ0) is 12.3. The van der Waals surface area contributed by atoms with Crippen molar-refractivity contribution in [2.24, 2.45) is 0 Å². The average Bonchev–Trinajstić information content (AvgIpc) is 2.73. The maximum absolute atomic E-state index is 10.8. The van der Waals surface area contributed by atoms with Crippen molar-refractivity contribution in [3.05, 3.63) is 29.8 Å². The molecule has 1 aromatic rings. The highest BCUT2D eigenvalue weighted by Gasteiger charge is 2.21. The van der Waals surface area contributed by atoms with Crippen LogP contribution >= 0.6 is 11.8 Å². The average molecular weight is 252 g/mol. The van der Waals surface area contributed by atoms with Gasteiger partial charge < -0.3 is 9.84 Å². The van der Waals surface area contributed by atoms with Crippen LogP contribution in [0.25, 0.3) is 0 Å². The lowest BCUT2D eigenvalue weighted by Gasteiger charge is -2.10. The molecule has 2 atom stereocenters. The van der Waals surface area contributed by atoms with Crippen LogP contribution in [0, 0.1) is 0 Å². The van der Waals surface area contributed by atoms with E-state index in [0.717, 1.165) is 23.5 Å². The summed E-state index contributed by atoms with van der Waals surface area (Å²) >= 11 is 1.66. The lowest BCUT2D eigenvalue weighted by atomic mass is 10.2. The van der Waals surface area contributed by atoms with Gasteiger partial charge in [0.2, 0.25) is 0 Å². The summed E-state index contributed by atoms with van der Waals surface area (Å²) in [6.45, 7) is 2.09. The summed E-state index contributed by atoms with van der Waals surface area (Å²) in [6, 6.07) is 7.05. The van der Waals surface area contributed by atoms with Crippen LogP contribution in [-0.4, -0.2) is 29.0 Å². The zero-order valence-electron chi connectivity index (χ0n) is 9.76. The highest BCUT2D eigenvalue weighted by Crippen LogP contribution is 2.26. The van der Waals surface area contributed by atoms with E-state index in [9.17, 15) is 4.79 Å². The Balaban J connectivity index is 1.90. The quantitative estimate of drug-likeness (QED) is 0.837. The highest BCUT2D eigenvalue weighted by atomic mass is 32.2. The maximum atomic E-state index is 10.8. The van der Waals surface area contributed by atoms with Crippen molar-refractivity contribution in [3.63, 3.8) is 0 Å². The molecule has 1 fully saturated rings. The molecule has 1 aliphatic heterocycles. The maximum Gasteiger partial charge on any atom is 0.335 e. The fourth-order valence-electron chi connectivity index (χ4n) is 1.92. The predicted octanol–water partition coefficient (Wildman–Crippen LogP) is 3.04. The number of carboxylic acids is 1. The van der Waals surface area contributed by atoms with E-state index < -0.39 is 5.97 Å². The van der Waals surface area contributed by atoms with E-state index in [4.69, 9.17) is 9.84 Å². The number of rotatable bonds is 4. The lowest BCUT2D eigenvalue weighted by Crippen LogP contribution is -2.10. The Bertz CT molecular complexity index is 405. The van der Waals surface area contributed by atoms with E-state index >= 15 is 0 Å². The van der Waals surface area contributed by atoms with Crippen molar-refractivity contribution < 1.29 is 14.6 Å². The van der Waals surface area contributed by atoms with Gasteiger partial charge in [0.05, 0.1) is 17.8 Å². The molecule has 1 N–H and O–H groups in total. The van der Waals surface area contributed by atoms with Gasteiger partial charge >= 0.3 is 5.97 Å². The molecule has 1 aromatic carbocycles. The molecule has 1 heterocycles. The van der Waals surface area contributed by atoms with Crippen LogP contribution in [0.5, 0.6) is 0 Å². The predicted molar refractivity (Wildman–Crippen MR) is 67.7 cm³/mol. The SMILES string of the molecule is CC1CCC(CSc2cccc(C(=O)O)c2)O1. The molecule has 0 saturated carbocycles. The molecule has 2 unspecified atom stereocenters. The van der Waals surface area contributed by atoms with Crippen molar-refractivity contribution in [3.8, 4) is 0 Å². The molecule has 0 spiro atoms. The first-order chi connectivity index (χ1) is 8.15. The minimum Gasteiger partial charge on any atom is -0.478 e. The Morgan fingerprint density at radius 2 is 2.35 bits per heavy atom. The third-order valence-electron chi connectivity index (χ3n) is 2.84. The van der Waals surface area contributed by atoms with Gasteiger partial charge in [-0.3, -0.25) is 0 Å². The van der Waals surface area contributed by atoms with E-state index in [1.54, 1.807) is 30.0 Å². The van der Waals surface area contributed by atoms with Crippen LogP contribution < -0.4 is 0 Å². The van der Waals surface area contributed by atoms with Gasteiger partial charge in [-0.05, 0) is 38.0 Å². The summed E-state index contributed by atoms with van der Waals surface area (Å²) in [7, 11) is 0. The van der Waals surface area contributed by atoms with E-state index in [-0.39, 0.29) is 0 Å². The summed E-state index contributed by atoms with van der Waals surface area (Å²) in [5.41, 5.74) is 0.343. The normalized spacial score (nSPS) is 23.8. The minimum atomic E-state index is -0.877. The Kier molecular flexibility index (Phi) is 4.07. The number of thioether (sulfide) groups is 1. The van der Waals surface area contributed by atoms with E-state index in [1.165, 1.54) is 0 Å². The van der Waals surface area contributed by atoms with Crippen LogP contribution in [0.2, 0.25) is 0 Å². The molecule has 0 radical (unpaired) electrons. The summed E-state index contributed by atoms with van der Waals surface area (Å²) in [5, 5.41) is 8.89. The fraction of sp³-hybridized carbons (Fsp3) is 0.462. The molecule has 1 aliphatic rings. The van der Waals surface area contributed by atoms with Crippen LogP contribution in [0.15, 0.2) is 29.2 Å². The Hall–Kier alpha value is -1.00. The van der Waals surface area contributed by atoms with Gasteiger partial charge in [-0.25, -0.2) is 4.79 Å². The molecule has 4 heteroatoms. The van der Waals surface area contributed by atoms with Crippen molar-refractivity contribution in [1.29, 1.82) is 0 Å². The topological polar surface area (TPSA) is 46.5 Å². The largest absolute Gasteiger partial charge is 0.478 e. The number of carboxylic acid groups (broad SMARTS) is 1. The summed E-state index contributed by atoms with van der Waals surface area (Å²) in [5.74, 6) is 0.0196. The first-order valence-electron chi connectivity index (χ1n) is 5.77. The lowest BCUT2D eigenvalue weighted by molar-refractivity contribution is 0.0694. The highest BCUT2D eigenvalue weighted by molar-refractivity contribution is 7.99.